The van der Waals surface area contributed by atoms with Gasteiger partial charge in [0.15, 0.2) is 15.5 Å². The largest absolute Gasteiger partial charge is 0.337 e. The zero-order valence-electron chi connectivity index (χ0n) is 23.0. The maximum atomic E-state index is 15.3. The lowest BCUT2D eigenvalue weighted by molar-refractivity contribution is -0.132. The molecule has 0 saturated heterocycles. The van der Waals surface area contributed by atoms with Crippen molar-refractivity contribution in [1.29, 1.82) is 0 Å². The summed E-state index contributed by atoms with van der Waals surface area (Å²) < 4.78 is 33.1. The van der Waals surface area contributed by atoms with E-state index in [-0.39, 0.29) is 29.1 Å². The van der Waals surface area contributed by atoms with Crippen LogP contribution in [0.15, 0.2) is 30.5 Å². The van der Waals surface area contributed by atoms with Gasteiger partial charge in [-0.15, -0.1) is 0 Å². The number of nitrogens with zero attached hydrogens (tertiary/aromatic N) is 7. The molecule has 1 aliphatic carbocycles. The summed E-state index contributed by atoms with van der Waals surface area (Å²) in [5.74, 6) is -0.397. The molecule has 0 unspecified atom stereocenters. The van der Waals surface area contributed by atoms with Crippen molar-refractivity contribution in [2.75, 3.05) is 32.5 Å². The minimum Gasteiger partial charge on any atom is -0.337 e. The molecule has 4 heterocycles. The van der Waals surface area contributed by atoms with Crippen LogP contribution in [0.1, 0.15) is 49.4 Å². The number of hydrogen-bond acceptors (Lipinski definition) is 7. The third-order valence-corrected chi connectivity index (χ3v) is 8.52. The number of nitrogens with one attached hydrogen (secondary N) is 1. The van der Waals surface area contributed by atoms with Gasteiger partial charge in [0.2, 0.25) is 11.9 Å². The highest BCUT2D eigenvalue weighted by Gasteiger charge is 2.25. The molecule has 1 fully saturated rings. The van der Waals surface area contributed by atoms with Crippen molar-refractivity contribution >= 4 is 51.3 Å². The molecular formula is C29H31F2IN8O. The lowest BCUT2D eigenvalue weighted by Gasteiger charge is -2.29. The van der Waals surface area contributed by atoms with Crippen LogP contribution in [0.5, 0.6) is 0 Å². The van der Waals surface area contributed by atoms with Crippen LogP contribution in [0.3, 0.4) is 0 Å². The van der Waals surface area contributed by atoms with Gasteiger partial charge in [-0.2, -0.15) is 0 Å². The second kappa shape index (κ2) is 11.6. The summed E-state index contributed by atoms with van der Waals surface area (Å²) >= 11 is 2.15. The average Bonchev–Trinajstić information content (AvgIpc) is 3.30. The molecule has 4 aromatic rings. The van der Waals surface area contributed by atoms with Gasteiger partial charge in [0.1, 0.15) is 17.0 Å². The lowest BCUT2D eigenvalue weighted by Crippen LogP contribution is -2.41. The molecule has 3 aromatic heterocycles. The summed E-state index contributed by atoms with van der Waals surface area (Å²) in [7, 11) is 3.75. The van der Waals surface area contributed by atoms with Gasteiger partial charge < -0.3 is 19.7 Å². The fourth-order valence-electron chi connectivity index (χ4n) is 5.76. The van der Waals surface area contributed by atoms with Gasteiger partial charge in [-0.25, -0.2) is 28.7 Å². The highest BCUT2D eigenvalue weighted by atomic mass is 127. The summed E-state index contributed by atoms with van der Waals surface area (Å²) in [6.07, 6.45) is 7.20. The number of pyridine rings is 1. The van der Waals surface area contributed by atoms with Crippen molar-refractivity contribution in [3.8, 4) is 11.3 Å². The molecular weight excluding hydrogens is 641 g/mol. The van der Waals surface area contributed by atoms with E-state index in [1.54, 1.807) is 12.1 Å². The Morgan fingerprint density at radius 3 is 2.68 bits per heavy atom. The number of fused-ring (bicyclic) bond motifs is 2. The molecule has 1 aromatic carbocycles. The van der Waals surface area contributed by atoms with E-state index in [0.717, 1.165) is 47.0 Å². The topological polar surface area (TPSA) is 92.1 Å². The van der Waals surface area contributed by atoms with Crippen molar-refractivity contribution in [1.82, 2.24) is 34.3 Å². The molecule has 0 spiro atoms. The Kier molecular flexibility index (Phi) is 7.86. The quantitative estimate of drug-likeness (QED) is 0.272. The molecule has 0 atom stereocenters. The van der Waals surface area contributed by atoms with E-state index >= 15 is 8.78 Å². The minimum absolute atomic E-state index is 0.00251. The first-order valence-electron chi connectivity index (χ1n) is 13.8. The summed E-state index contributed by atoms with van der Waals surface area (Å²) in [6, 6.07) is 7.03. The third kappa shape index (κ3) is 5.76. The molecule has 214 valence electrons. The number of anilines is 2. The standard InChI is InChI=1S/C29H31F2IN8O/c1-38(2)16-25(41)39-11-10-22-17(15-39)8-9-24(34-22)35-29-33-14-21(31)26(37-29)18-12-20(30)27-23(13-18)40(28(32)36-27)19-6-4-3-5-7-19/h8-9,12-14,19H,3-7,10-11,15-16H2,1-2H3,(H,33,34,35,37). The third-order valence-electron chi connectivity index (χ3n) is 7.76. The highest BCUT2D eigenvalue weighted by Crippen LogP contribution is 2.36. The second-order valence-corrected chi connectivity index (χ2v) is 12.0. The van der Waals surface area contributed by atoms with Crippen molar-refractivity contribution in [3.63, 3.8) is 0 Å². The zero-order valence-corrected chi connectivity index (χ0v) is 25.2. The van der Waals surface area contributed by atoms with Crippen LogP contribution in [-0.2, 0) is 17.8 Å². The first-order valence-corrected chi connectivity index (χ1v) is 14.9. The molecule has 0 bridgehead atoms. The molecule has 6 rings (SSSR count). The maximum absolute atomic E-state index is 15.3. The van der Waals surface area contributed by atoms with E-state index in [1.165, 1.54) is 12.5 Å². The number of halogens is 3. The van der Waals surface area contributed by atoms with Crippen LogP contribution >= 0.6 is 22.6 Å². The van der Waals surface area contributed by atoms with Gasteiger partial charge in [0.25, 0.3) is 0 Å². The molecule has 12 heteroatoms. The molecule has 1 amide bonds. The Hall–Kier alpha value is -3.26. The van der Waals surface area contributed by atoms with E-state index in [4.69, 9.17) is 4.98 Å². The fourth-order valence-corrected chi connectivity index (χ4v) is 6.66. The van der Waals surface area contributed by atoms with Crippen molar-refractivity contribution in [3.05, 3.63) is 57.2 Å². The monoisotopic (exact) mass is 672 g/mol. The zero-order chi connectivity index (χ0) is 28.7. The predicted octanol–water partition coefficient (Wildman–Crippen LogP) is 5.47. The SMILES string of the molecule is CN(C)CC(=O)N1CCc2nc(Nc3ncc(F)c(-c4cc(F)c5nc(I)n(C6CCCCC6)c5c4)n3)ccc2C1. The average molecular weight is 673 g/mol. The Bertz CT molecular complexity index is 1620. The summed E-state index contributed by atoms with van der Waals surface area (Å²) in [5, 5.41) is 3.07. The van der Waals surface area contributed by atoms with Crippen LogP contribution in [0.2, 0.25) is 0 Å². The van der Waals surface area contributed by atoms with Crippen molar-refractivity contribution in [2.24, 2.45) is 0 Å². The number of imidazole rings is 1. The Morgan fingerprint density at radius 1 is 1.10 bits per heavy atom. The highest BCUT2D eigenvalue weighted by molar-refractivity contribution is 14.1. The fraction of sp³-hybridized carbons (Fsp3) is 0.414. The van der Waals surface area contributed by atoms with Crippen LogP contribution in [0.25, 0.3) is 22.3 Å². The van der Waals surface area contributed by atoms with Gasteiger partial charge in [-0.1, -0.05) is 25.3 Å². The van der Waals surface area contributed by atoms with E-state index in [2.05, 4.69) is 47.4 Å². The first kappa shape index (κ1) is 27.9. The molecule has 1 N–H and O–H groups in total. The smallest absolute Gasteiger partial charge is 0.237 e. The number of likely N-dealkylation sites (N-methyl/N-ethyl adjacent to an activating group) is 1. The van der Waals surface area contributed by atoms with Crippen LogP contribution in [-0.4, -0.2) is 67.4 Å². The molecule has 41 heavy (non-hydrogen) atoms. The Morgan fingerprint density at radius 2 is 1.90 bits per heavy atom. The second-order valence-electron chi connectivity index (χ2n) is 11.0. The van der Waals surface area contributed by atoms with Gasteiger partial charge in [-0.3, -0.25) is 4.79 Å². The number of hydrogen-bond donors (Lipinski definition) is 1. The van der Waals surface area contributed by atoms with Crippen LogP contribution in [0, 0.1) is 15.5 Å². The number of carbonyl (C=O) groups excluding carboxylic acids is 1. The van der Waals surface area contributed by atoms with Crippen molar-refractivity contribution < 1.29 is 13.6 Å². The number of carbonyl (C=O) groups is 1. The number of aromatic nitrogens is 5. The Balaban J connectivity index is 1.27. The van der Waals surface area contributed by atoms with Crippen LogP contribution in [0.4, 0.5) is 20.5 Å². The number of benzene rings is 1. The summed E-state index contributed by atoms with van der Waals surface area (Å²) in [6.45, 7) is 1.47. The normalized spacial score (nSPS) is 15.9. The first-order chi connectivity index (χ1) is 19.8. The molecule has 1 aliphatic heterocycles. The van der Waals surface area contributed by atoms with Gasteiger partial charge in [0.05, 0.1) is 18.3 Å². The minimum atomic E-state index is -0.645. The van der Waals surface area contributed by atoms with E-state index < -0.39 is 11.6 Å². The van der Waals surface area contributed by atoms with Crippen molar-refractivity contribution in [2.45, 2.75) is 51.1 Å². The maximum Gasteiger partial charge on any atom is 0.237 e. The summed E-state index contributed by atoms with van der Waals surface area (Å²) in [4.78, 5) is 33.9. The molecule has 9 nitrogen and oxygen atoms in total. The number of amides is 1. The van der Waals surface area contributed by atoms with E-state index in [9.17, 15) is 4.79 Å². The molecule has 0 radical (unpaired) electrons. The van der Waals surface area contributed by atoms with E-state index in [0.29, 0.717) is 43.0 Å². The summed E-state index contributed by atoms with van der Waals surface area (Å²) in [5.41, 5.74) is 3.15. The molecule has 1 saturated carbocycles. The van der Waals surface area contributed by atoms with Gasteiger partial charge >= 0.3 is 0 Å². The van der Waals surface area contributed by atoms with Crippen LogP contribution < -0.4 is 5.32 Å². The number of rotatable bonds is 6. The van der Waals surface area contributed by atoms with Gasteiger partial charge in [0, 0.05) is 36.8 Å². The molecule has 2 aliphatic rings. The predicted molar refractivity (Wildman–Crippen MR) is 161 cm³/mol. The lowest BCUT2D eigenvalue weighted by atomic mass is 9.95. The van der Waals surface area contributed by atoms with Gasteiger partial charge in [-0.05, 0) is 73.3 Å². The van der Waals surface area contributed by atoms with E-state index in [1.807, 2.05) is 30.0 Å². The Labute approximate surface area is 250 Å².